The van der Waals surface area contributed by atoms with Gasteiger partial charge in [-0.1, -0.05) is 12.1 Å². The fraction of sp³-hybridized carbons (Fsp3) is 0.200. The largest absolute Gasteiger partial charge is 0.492 e. The molecule has 0 amide bonds. The quantitative estimate of drug-likeness (QED) is 0.720. The lowest BCUT2D eigenvalue weighted by Crippen LogP contribution is -2.20. The highest BCUT2D eigenvalue weighted by molar-refractivity contribution is 5.42. The molecule has 0 aliphatic heterocycles. The van der Waals surface area contributed by atoms with E-state index in [1.54, 1.807) is 12.1 Å². The molecule has 0 atom stereocenters. The highest BCUT2D eigenvalue weighted by atomic mass is 16.5. The van der Waals surface area contributed by atoms with E-state index in [1.165, 1.54) is 10.9 Å². The number of hydrogen-bond donors (Lipinski definition) is 0. The minimum absolute atomic E-state index is 0.167. The predicted molar refractivity (Wildman–Crippen MR) is 75.1 cm³/mol. The third-order valence-corrected chi connectivity index (χ3v) is 2.90. The van der Waals surface area contributed by atoms with E-state index >= 15 is 0 Å². The summed E-state index contributed by atoms with van der Waals surface area (Å²) in [5.74, 6) is 0.818. The van der Waals surface area contributed by atoms with Gasteiger partial charge in [-0.05, 0) is 36.8 Å². The number of rotatable bonds is 5. The van der Waals surface area contributed by atoms with Crippen molar-refractivity contribution in [1.29, 1.82) is 0 Å². The normalized spacial score (nSPS) is 10.7. The second-order valence-electron chi connectivity index (χ2n) is 4.54. The van der Waals surface area contributed by atoms with E-state index in [0.29, 0.717) is 18.9 Å². The molecule has 0 fully saturated rings. The molecule has 6 heteroatoms. The molecule has 3 rings (SSSR count). The topological polar surface area (TPSA) is 70.4 Å². The van der Waals surface area contributed by atoms with Crippen LogP contribution in [0.25, 0.3) is 11.7 Å². The molecule has 0 saturated heterocycles. The first-order chi connectivity index (χ1) is 10.2. The van der Waals surface area contributed by atoms with E-state index < -0.39 is 5.76 Å². The summed E-state index contributed by atoms with van der Waals surface area (Å²) in [7, 11) is 0. The number of hydrogen-bond acceptors (Lipinski definition) is 5. The van der Waals surface area contributed by atoms with Crippen molar-refractivity contribution >= 4 is 0 Å². The molecule has 108 valence electrons. The van der Waals surface area contributed by atoms with Gasteiger partial charge >= 0.3 is 5.76 Å². The average Bonchev–Trinajstić information content (AvgIpc) is 3.09. The maximum atomic E-state index is 11.7. The number of furan rings is 1. The summed E-state index contributed by atoms with van der Waals surface area (Å²) in [6, 6.07) is 11.1. The van der Waals surface area contributed by atoms with Gasteiger partial charge in [0.15, 0.2) is 5.76 Å². The van der Waals surface area contributed by atoms with Crippen LogP contribution in [0.5, 0.6) is 5.75 Å². The van der Waals surface area contributed by atoms with Gasteiger partial charge in [0.05, 0.1) is 12.8 Å². The van der Waals surface area contributed by atoms with Crippen LogP contribution in [-0.2, 0) is 6.54 Å². The molecule has 0 saturated carbocycles. The number of aryl methyl sites for hydroxylation is 1. The van der Waals surface area contributed by atoms with Crippen molar-refractivity contribution in [2.24, 2.45) is 0 Å². The maximum Gasteiger partial charge on any atom is 0.437 e. The molecule has 6 nitrogen and oxygen atoms in total. The SMILES string of the molecule is Cc1cccc(OCCn2nc(-c3ccco3)oc2=O)c1. The highest BCUT2D eigenvalue weighted by Crippen LogP contribution is 2.15. The number of aromatic nitrogens is 2. The standard InChI is InChI=1S/C15H14N2O4/c1-11-4-2-5-12(10-11)19-9-7-17-15(18)21-14(16-17)13-6-3-8-20-13/h2-6,8,10H,7,9H2,1H3. The van der Waals surface area contributed by atoms with Gasteiger partial charge < -0.3 is 13.6 Å². The van der Waals surface area contributed by atoms with Crippen molar-refractivity contribution in [3.8, 4) is 17.4 Å². The molecular formula is C15H14N2O4. The molecule has 3 aromatic rings. The Morgan fingerprint density at radius 2 is 2.19 bits per heavy atom. The zero-order valence-corrected chi connectivity index (χ0v) is 11.5. The fourth-order valence-electron chi connectivity index (χ4n) is 1.90. The maximum absolute atomic E-state index is 11.7. The monoisotopic (exact) mass is 286 g/mol. The van der Waals surface area contributed by atoms with E-state index in [9.17, 15) is 4.79 Å². The molecule has 1 aromatic carbocycles. The van der Waals surface area contributed by atoms with Crippen LogP contribution in [0.2, 0.25) is 0 Å². The zero-order valence-electron chi connectivity index (χ0n) is 11.5. The molecule has 0 radical (unpaired) electrons. The van der Waals surface area contributed by atoms with Gasteiger partial charge in [0.1, 0.15) is 12.4 Å². The van der Waals surface area contributed by atoms with Crippen LogP contribution < -0.4 is 10.5 Å². The Balaban J connectivity index is 1.65. The fourth-order valence-corrected chi connectivity index (χ4v) is 1.90. The second-order valence-corrected chi connectivity index (χ2v) is 4.54. The van der Waals surface area contributed by atoms with Crippen LogP contribution in [0.4, 0.5) is 0 Å². The van der Waals surface area contributed by atoms with Crippen LogP contribution in [0.3, 0.4) is 0 Å². The smallest absolute Gasteiger partial charge is 0.437 e. The summed E-state index contributed by atoms with van der Waals surface area (Å²) in [6.07, 6.45) is 1.50. The van der Waals surface area contributed by atoms with Crippen LogP contribution in [0.15, 0.2) is 56.3 Å². The molecule has 0 aliphatic rings. The highest BCUT2D eigenvalue weighted by Gasteiger charge is 2.12. The Hall–Kier alpha value is -2.76. The summed E-state index contributed by atoms with van der Waals surface area (Å²) in [4.78, 5) is 11.7. The van der Waals surface area contributed by atoms with Gasteiger partial charge in [-0.2, -0.15) is 4.68 Å². The molecule has 21 heavy (non-hydrogen) atoms. The van der Waals surface area contributed by atoms with Crippen molar-refractivity contribution in [1.82, 2.24) is 9.78 Å². The Kier molecular flexibility index (Phi) is 3.59. The average molecular weight is 286 g/mol. The van der Waals surface area contributed by atoms with Crippen molar-refractivity contribution in [2.45, 2.75) is 13.5 Å². The Morgan fingerprint density at radius 1 is 1.29 bits per heavy atom. The first kappa shape index (κ1) is 13.2. The predicted octanol–water partition coefficient (Wildman–Crippen LogP) is 2.48. The van der Waals surface area contributed by atoms with Gasteiger partial charge in [0.25, 0.3) is 5.89 Å². The first-order valence-corrected chi connectivity index (χ1v) is 6.54. The number of nitrogens with zero attached hydrogens (tertiary/aromatic N) is 2. The third kappa shape index (κ3) is 3.05. The molecular weight excluding hydrogens is 272 g/mol. The Bertz CT molecular complexity index is 771. The van der Waals surface area contributed by atoms with Crippen LogP contribution in [0.1, 0.15) is 5.56 Å². The first-order valence-electron chi connectivity index (χ1n) is 6.54. The lowest BCUT2D eigenvalue weighted by molar-refractivity contribution is 0.285. The van der Waals surface area contributed by atoms with Gasteiger partial charge in [0, 0.05) is 0 Å². The lowest BCUT2D eigenvalue weighted by atomic mass is 10.2. The van der Waals surface area contributed by atoms with Crippen molar-refractivity contribution < 1.29 is 13.6 Å². The molecule has 0 bridgehead atoms. The van der Waals surface area contributed by atoms with E-state index in [2.05, 4.69) is 5.10 Å². The molecule has 0 aliphatic carbocycles. The molecule has 2 heterocycles. The lowest BCUT2D eigenvalue weighted by Gasteiger charge is -2.05. The summed E-state index contributed by atoms with van der Waals surface area (Å²) in [6.45, 7) is 2.62. The van der Waals surface area contributed by atoms with E-state index in [-0.39, 0.29) is 5.89 Å². The van der Waals surface area contributed by atoms with E-state index in [1.807, 2.05) is 31.2 Å². The second kappa shape index (κ2) is 5.70. The molecule has 0 unspecified atom stereocenters. The number of benzene rings is 1. The summed E-state index contributed by atoms with van der Waals surface area (Å²) in [5, 5.41) is 4.06. The number of ether oxygens (including phenoxy) is 1. The van der Waals surface area contributed by atoms with Crippen LogP contribution >= 0.6 is 0 Å². The van der Waals surface area contributed by atoms with Gasteiger partial charge in [-0.3, -0.25) is 0 Å². The summed E-state index contributed by atoms with van der Waals surface area (Å²) in [5.41, 5.74) is 1.12. The molecule has 0 spiro atoms. The minimum atomic E-state index is -0.533. The van der Waals surface area contributed by atoms with E-state index in [0.717, 1.165) is 11.3 Å². The Labute approximate surface area is 120 Å². The third-order valence-electron chi connectivity index (χ3n) is 2.90. The molecule has 2 aromatic heterocycles. The minimum Gasteiger partial charge on any atom is -0.492 e. The summed E-state index contributed by atoms with van der Waals surface area (Å²) < 4.78 is 17.0. The van der Waals surface area contributed by atoms with Gasteiger partial charge in [-0.25, -0.2) is 4.79 Å². The Morgan fingerprint density at radius 3 is 2.95 bits per heavy atom. The van der Waals surface area contributed by atoms with Crippen LogP contribution in [0, 0.1) is 6.92 Å². The van der Waals surface area contributed by atoms with Crippen LogP contribution in [-0.4, -0.2) is 16.4 Å². The van der Waals surface area contributed by atoms with Crippen molar-refractivity contribution in [3.05, 3.63) is 58.8 Å². The zero-order chi connectivity index (χ0) is 14.7. The van der Waals surface area contributed by atoms with Crippen molar-refractivity contribution in [3.63, 3.8) is 0 Å². The van der Waals surface area contributed by atoms with Gasteiger partial charge in [0.2, 0.25) is 0 Å². The molecule has 0 N–H and O–H groups in total. The summed E-state index contributed by atoms with van der Waals surface area (Å²) >= 11 is 0. The van der Waals surface area contributed by atoms with E-state index in [4.69, 9.17) is 13.6 Å². The van der Waals surface area contributed by atoms with Crippen molar-refractivity contribution in [2.75, 3.05) is 6.61 Å². The van der Waals surface area contributed by atoms with Gasteiger partial charge in [-0.15, -0.1) is 5.10 Å².